The van der Waals surface area contributed by atoms with E-state index >= 15 is 0 Å². The van der Waals surface area contributed by atoms with Crippen LogP contribution in [0.1, 0.15) is 27.0 Å². The van der Waals surface area contributed by atoms with Gasteiger partial charge in [0.15, 0.2) is 11.6 Å². The second-order valence-corrected chi connectivity index (χ2v) is 8.16. The molecule has 4 aromatic rings. The molecule has 0 unspecified atom stereocenters. The molecule has 0 fully saturated rings. The molecule has 10 heteroatoms. The Bertz CT molecular complexity index is 1410. The zero-order chi connectivity index (χ0) is 24.7. The number of benzene rings is 2. The Morgan fingerprint density at radius 1 is 1.06 bits per heavy atom. The quantitative estimate of drug-likeness (QED) is 0.348. The van der Waals surface area contributed by atoms with Crippen molar-refractivity contribution in [3.63, 3.8) is 0 Å². The summed E-state index contributed by atoms with van der Waals surface area (Å²) in [5, 5.41) is 4.16. The van der Waals surface area contributed by atoms with Crippen LogP contribution in [0, 0.1) is 5.82 Å². The van der Waals surface area contributed by atoms with Crippen molar-refractivity contribution in [1.82, 2.24) is 19.7 Å². The summed E-state index contributed by atoms with van der Waals surface area (Å²) in [6, 6.07) is 11.3. The molecule has 0 saturated carbocycles. The molecule has 2 aromatic carbocycles. The van der Waals surface area contributed by atoms with Crippen LogP contribution in [0.4, 0.5) is 17.6 Å². The number of halogens is 4. The normalized spacial score (nSPS) is 13.3. The SMILES string of the molecule is Cn1cc(-c2ccc(CN3Cc4ccnc(Oc5ccc(C(F)(F)F)cc5F)c4C3=O)cc2)cn1. The van der Waals surface area contributed by atoms with Crippen LogP contribution in [0.2, 0.25) is 0 Å². The van der Waals surface area contributed by atoms with Gasteiger partial charge in [-0.1, -0.05) is 24.3 Å². The van der Waals surface area contributed by atoms with Gasteiger partial charge in [-0.15, -0.1) is 0 Å². The molecule has 178 valence electrons. The number of carbonyl (C=O) groups is 1. The fourth-order valence-corrected chi connectivity index (χ4v) is 3.94. The lowest BCUT2D eigenvalue weighted by atomic mass is 10.1. The summed E-state index contributed by atoms with van der Waals surface area (Å²) in [6.45, 7) is 0.627. The van der Waals surface area contributed by atoms with Crippen molar-refractivity contribution < 1.29 is 27.1 Å². The Labute approximate surface area is 197 Å². The molecule has 1 aliphatic rings. The van der Waals surface area contributed by atoms with Gasteiger partial charge in [-0.3, -0.25) is 9.48 Å². The number of amides is 1. The van der Waals surface area contributed by atoms with E-state index in [9.17, 15) is 22.4 Å². The number of carbonyl (C=O) groups excluding carboxylic acids is 1. The summed E-state index contributed by atoms with van der Waals surface area (Å²) in [6.07, 6.45) is 0.404. The third-order valence-electron chi connectivity index (χ3n) is 5.70. The van der Waals surface area contributed by atoms with Crippen LogP contribution < -0.4 is 4.74 Å². The fourth-order valence-electron chi connectivity index (χ4n) is 3.94. The van der Waals surface area contributed by atoms with Crippen LogP contribution in [0.5, 0.6) is 11.6 Å². The number of pyridine rings is 1. The maximum atomic E-state index is 14.3. The summed E-state index contributed by atoms with van der Waals surface area (Å²) in [5.74, 6) is -2.15. The molecule has 35 heavy (non-hydrogen) atoms. The van der Waals surface area contributed by atoms with Gasteiger partial charge < -0.3 is 9.64 Å². The van der Waals surface area contributed by atoms with Gasteiger partial charge >= 0.3 is 6.18 Å². The first-order valence-corrected chi connectivity index (χ1v) is 10.6. The Morgan fingerprint density at radius 2 is 1.83 bits per heavy atom. The van der Waals surface area contributed by atoms with E-state index in [-0.39, 0.29) is 17.4 Å². The van der Waals surface area contributed by atoms with E-state index < -0.39 is 23.3 Å². The molecular weight excluding hydrogens is 464 g/mol. The lowest BCUT2D eigenvalue weighted by Gasteiger charge is -2.16. The number of nitrogens with zero attached hydrogens (tertiary/aromatic N) is 4. The molecule has 1 aliphatic heterocycles. The second-order valence-electron chi connectivity index (χ2n) is 8.16. The van der Waals surface area contributed by atoms with Crippen molar-refractivity contribution in [2.24, 2.45) is 7.05 Å². The van der Waals surface area contributed by atoms with Crippen molar-refractivity contribution in [3.8, 4) is 22.8 Å². The number of hydrogen-bond donors (Lipinski definition) is 0. The second kappa shape index (κ2) is 8.53. The molecule has 0 N–H and O–H groups in total. The predicted octanol–water partition coefficient (Wildman–Crippen LogP) is 5.59. The van der Waals surface area contributed by atoms with E-state index in [1.807, 2.05) is 37.5 Å². The Morgan fingerprint density at radius 3 is 2.49 bits per heavy atom. The summed E-state index contributed by atoms with van der Waals surface area (Å²) in [5.41, 5.74) is 2.55. The maximum absolute atomic E-state index is 14.3. The molecule has 0 saturated heterocycles. The molecule has 0 radical (unpaired) electrons. The molecule has 1 amide bonds. The predicted molar refractivity (Wildman–Crippen MR) is 118 cm³/mol. The minimum absolute atomic E-state index is 0.152. The van der Waals surface area contributed by atoms with Crippen LogP contribution in [-0.4, -0.2) is 25.6 Å². The lowest BCUT2D eigenvalue weighted by molar-refractivity contribution is -0.137. The summed E-state index contributed by atoms with van der Waals surface area (Å²) in [4.78, 5) is 18.8. The van der Waals surface area contributed by atoms with Crippen LogP contribution >= 0.6 is 0 Å². The summed E-state index contributed by atoms with van der Waals surface area (Å²) < 4.78 is 59.9. The van der Waals surface area contributed by atoms with Crippen molar-refractivity contribution in [2.45, 2.75) is 19.3 Å². The Kier molecular flexibility index (Phi) is 5.50. The average molecular weight is 482 g/mol. The van der Waals surface area contributed by atoms with Crippen molar-refractivity contribution >= 4 is 5.91 Å². The van der Waals surface area contributed by atoms with Crippen LogP contribution in [0.15, 0.2) is 67.1 Å². The molecule has 3 heterocycles. The summed E-state index contributed by atoms with van der Waals surface area (Å²) in [7, 11) is 1.84. The molecule has 0 aliphatic carbocycles. The van der Waals surface area contributed by atoms with E-state index in [0.717, 1.165) is 22.8 Å². The first-order valence-electron chi connectivity index (χ1n) is 10.6. The number of fused-ring (bicyclic) bond motifs is 1. The van der Waals surface area contributed by atoms with Gasteiger partial charge in [0.2, 0.25) is 5.88 Å². The van der Waals surface area contributed by atoms with Gasteiger partial charge in [0.25, 0.3) is 5.91 Å². The van der Waals surface area contributed by atoms with Gasteiger partial charge in [0.1, 0.15) is 5.56 Å². The first-order chi connectivity index (χ1) is 16.7. The van der Waals surface area contributed by atoms with Crippen LogP contribution in [0.25, 0.3) is 11.1 Å². The summed E-state index contributed by atoms with van der Waals surface area (Å²) >= 11 is 0. The van der Waals surface area contributed by atoms with E-state index in [4.69, 9.17) is 4.74 Å². The highest BCUT2D eigenvalue weighted by atomic mass is 19.4. The minimum Gasteiger partial charge on any atom is -0.435 e. The first kappa shape index (κ1) is 22.6. The van der Waals surface area contributed by atoms with E-state index in [1.165, 1.54) is 6.20 Å². The molecule has 5 rings (SSSR count). The highest BCUT2D eigenvalue weighted by molar-refractivity contribution is 6.00. The fraction of sp³-hybridized carbons (Fsp3) is 0.160. The van der Waals surface area contributed by atoms with Gasteiger partial charge in [-0.05, 0) is 41.0 Å². The van der Waals surface area contributed by atoms with Crippen LogP contribution in [0.3, 0.4) is 0 Å². The highest BCUT2D eigenvalue weighted by Gasteiger charge is 2.33. The molecule has 2 aromatic heterocycles. The van der Waals surface area contributed by atoms with E-state index in [2.05, 4.69) is 10.1 Å². The average Bonchev–Trinajstić information content (AvgIpc) is 3.39. The Balaban J connectivity index is 1.34. The van der Waals surface area contributed by atoms with Crippen molar-refractivity contribution in [2.75, 3.05) is 0 Å². The Hall–Kier alpha value is -4.21. The smallest absolute Gasteiger partial charge is 0.416 e. The minimum atomic E-state index is -4.68. The van der Waals surface area contributed by atoms with E-state index in [0.29, 0.717) is 30.8 Å². The van der Waals surface area contributed by atoms with E-state index in [1.54, 1.807) is 21.8 Å². The standard InChI is InChI=1S/C25H18F4N4O2/c1-32-13-18(11-31-32)16-4-2-15(3-5-16)12-33-14-17-8-9-30-23(22(17)24(33)34)35-21-7-6-19(10-20(21)26)25(27,28)29/h2-11,13H,12,14H2,1H3. The third-order valence-corrected chi connectivity index (χ3v) is 5.70. The van der Waals surface area contributed by atoms with Gasteiger partial charge in [-0.2, -0.15) is 18.3 Å². The van der Waals surface area contributed by atoms with Crippen LogP contribution in [-0.2, 0) is 26.3 Å². The third kappa shape index (κ3) is 4.46. The molecule has 6 nitrogen and oxygen atoms in total. The molecule has 0 bridgehead atoms. The number of alkyl halides is 3. The molecular formula is C25H18F4N4O2. The maximum Gasteiger partial charge on any atom is 0.416 e. The topological polar surface area (TPSA) is 60.2 Å². The van der Waals surface area contributed by atoms with Crippen molar-refractivity contribution in [3.05, 3.63) is 95.2 Å². The van der Waals surface area contributed by atoms with Gasteiger partial charge in [0.05, 0.1) is 11.8 Å². The number of aryl methyl sites for hydroxylation is 1. The largest absolute Gasteiger partial charge is 0.435 e. The molecule has 0 atom stereocenters. The monoisotopic (exact) mass is 482 g/mol. The number of rotatable bonds is 5. The van der Waals surface area contributed by atoms with Crippen molar-refractivity contribution in [1.29, 1.82) is 0 Å². The molecule has 0 spiro atoms. The zero-order valence-electron chi connectivity index (χ0n) is 18.4. The number of ether oxygens (including phenoxy) is 1. The van der Waals surface area contributed by atoms with Gasteiger partial charge in [-0.25, -0.2) is 9.37 Å². The highest BCUT2D eigenvalue weighted by Crippen LogP contribution is 2.36. The number of aromatic nitrogens is 3. The lowest BCUT2D eigenvalue weighted by Crippen LogP contribution is -2.23. The number of hydrogen-bond acceptors (Lipinski definition) is 4. The zero-order valence-corrected chi connectivity index (χ0v) is 18.4. The van der Waals surface area contributed by atoms with Gasteiger partial charge in [0, 0.05) is 38.1 Å².